The molecule has 1 saturated heterocycles. The highest BCUT2D eigenvalue weighted by Gasteiger charge is 2.42. The van der Waals surface area contributed by atoms with Crippen LogP contribution in [0, 0.1) is 0 Å². The molecule has 1 heterocycles. The van der Waals surface area contributed by atoms with Crippen molar-refractivity contribution in [1.29, 1.82) is 0 Å². The molecule has 0 amide bonds. The maximum atomic E-state index is 12.2. The molecule has 64 valence electrons. The molecule has 1 aliphatic rings. The highest BCUT2D eigenvalue weighted by Crippen LogP contribution is 2.25. The number of hydrogen-bond donors (Lipinski definition) is 0. The normalized spacial score (nSPS) is 23.9. The minimum Gasteiger partial charge on any atom is -0.288 e. The van der Waals surface area contributed by atoms with E-state index in [4.69, 9.17) is 0 Å². The average Bonchev–Trinajstić information content (AvgIpc) is 1.84. The zero-order valence-corrected chi connectivity index (χ0v) is 6.69. The Morgan fingerprint density at radius 1 is 1.36 bits per heavy atom. The molecule has 0 bridgehead atoms. The van der Waals surface area contributed by atoms with E-state index in [0.717, 1.165) is 6.42 Å². The van der Waals surface area contributed by atoms with Crippen molar-refractivity contribution >= 4 is 0 Å². The zero-order chi connectivity index (χ0) is 8.32. The van der Waals surface area contributed by atoms with Gasteiger partial charge in [0.2, 0.25) is 0 Å². The maximum absolute atomic E-state index is 12.2. The third-order valence-corrected chi connectivity index (χ3v) is 1.68. The first kappa shape index (κ1) is 8.65. The van der Waals surface area contributed by atoms with E-state index in [0.29, 0.717) is 6.54 Å². The van der Waals surface area contributed by atoms with Gasteiger partial charge in [0.05, 0.1) is 13.1 Å². The monoisotopic (exact) mass is 161 g/mol. The molecule has 0 aromatic rings. The van der Waals surface area contributed by atoms with Crippen LogP contribution in [0.2, 0.25) is 0 Å². The van der Waals surface area contributed by atoms with E-state index < -0.39 is 5.92 Å². The Morgan fingerprint density at radius 2 is 2.00 bits per heavy atom. The first-order valence-corrected chi connectivity index (χ1v) is 3.89. The van der Waals surface area contributed by atoms with Gasteiger partial charge in [-0.15, -0.1) is 0 Å². The average molecular weight is 161 g/mol. The number of nitrogens with zero attached hydrogens (tertiary/aromatic N) is 1. The molecule has 1 fully saturated rings. The molecular weight excluding hydrogens is 148 g/mol. The second-order valence-electron chi connectivity index (χ2n) is 2.91. The second kappa shape index (κ2) is 3.30. The van der Waals surface area contributed by atoms with Crippen LogP contribution in [-0.4, -0.2) is 30.5 Å². The number of halogens is 2. The molecule has 0 aliphatic carbocycles. The molecule has 0 spiro atoms. The highest BCUT2D eigenvalue weighted by molar-refractivity contribution is 4.92. The summed E-state index contributed by atoms with van der Waals surface area (Å²) in [6, 6.07) is 0. The summed E-state index contributed by atoms with van der Waals surface area (Å²) in [7, 11) is 0. The Balaban J connectivity index is 2.09. The fourth-order valence-corrected chi connectivity index (χ4v) is 1.13. The molecule has 0 aromatic heterocycles. The zero-order valence-electron chi connectivity index (χ0n) is 6.69. The van der Waals surface area contributed by atoms with Gasteiger partial charge in [-0.3, -0.25) is 4.90 Å². The summed E-state index contributed by atoms with van der Waals surface area (Å²) in [6.07, 6.45) is 4.91. The van der Waals surface area contributed by atoms with Gasteiger partial charge in [-0.05, 0) is 6.42 Å². The van der Waals surface area contributed by atoms with Crippen LogP contribution in [0.1, 0.15) is 13.3 Å². The molecule has 0 saturated carbocycles. The summed E-state index contributed by atoms with van der Waals surface area (Å²) in [4.78, 5) is 1.73. The van der Waals surface area contributed by atoms with E-state index in [9.17, 15) is 8.78 Å². The minimum absolute atomic E-state index is 0.0684. The number of rotatable bonds is 3. The highest BCUT2D eigenvalue weighted by atomic mass is 19.3. The largest absolute Gasteiger partial charge is 0.288 e. The van der Waals surface area contributed by atoms with Gasteiger partial charge in [0.1, 0.15) is 0 Å². The number of hydrogen-bond acceptors (Lipinski definition) is 1. The topological polar surface area (TPSA) is 3.24 Å². The van der Waals surface area contributed by atoms with Gasteiger partial charge in [-0.2, -0.15) is 0 Å². The number of alkyl halides is 2. The smallest absolute Gasteiger partial charge is 0.272 e. The van der Waals surface area contributed by atoms with E-state index in [1.807, 2.05) is 19.1 Å². The molecule has 0 radical (unpaired) electrons. The quantitative estimate of drug-likeness (QED) is 0.571. The lowest BCUT2D eigenvalue weighted by molar-refractivity contribution is -0.125. The summed E-state index contributed by atoms with van der Waals surface area (Å²) in [6.45, 7) is 2.56. The fraction of sp³-hybridized carbons (Fsp3) is 0.750. The number of allylic oxidation sites excluding steroid dienone is 1. The van der Waals surface area contributed by atoms with Crippen molar-refractivity contribution in [3.05, 3.63) is 12.2 Å². The van der Waals surface area contributed by atoms with Crippen LogP contribution in [0.4, 0.5) is 8.78 Å². The lowest BCUT2D eigenvalue weighted by atomic mass is 10.1. The van der Waals surface area contributed by atoms with Crippen LogP contribution in [0.5, 0.6) is 0 Å². The van der Waals surface area contributed by atoms with E-state index in [2.05, 4.69) is 0 Å². The van der Waals surface area contributed by atoms with Gasteiger partial charge in [0.15, 0.2) is 0 Å². The lowest BCUT2D eigenvalue weighted by Gasteiger charge is -2.37. The molecule has 1 nitrogen and oxygen atoms in total. The van der Waals surface area contributed by atoms with E-state index in [1.54, 1.807) is 4.90 Å². The number of likely N-dealkylation sites (tertiary alicyclic amines) is 1. The standard InChI is InChI=1S/C8H13F2N/c1-2-3-4-5-11-6-8(9,10)7-11/h3-4H,2,5-7H2,1H3. The van der Waals surface area contributed by atoms with Crippen LogP contribution >= 0.6 is 0 Å². The Labute approximate surface area is 65.7 Å². The van der Waals surface area contributed by atoms with Gasteiger partial charge in [0, 0.05) is 6.54 Å². The maximum Gasteiger partial charge on any atom is 0.272 e. The minimum atomic E-state index is -2.42. The molecule has 1 aliphatic heterocycles. The molecule has 0 N–H and O–H groups in total. The Bertz CT molecular complexity index is 146. The molecule has 0 atom stereocenters. The SMILES string of the molecule is CCC=CCN1CC(F)(F)C1. The van der Waals surface area contributed by atoms with Crippen molar-refractivity contribution in [2.45, 2.75) is 19.3 Å². The Morgan fingerprint density at radius 3 is 2.45 bits per heavy atom. The van der Waals surface area contributed by atoms with Crippen LogP contribution < -0.4 is 0 Å². The van der Waals surface area contributed by atoms with Crippen molar-refractivity contribution in [2.75, 3.05) is 19.6 Å². The van der Waals surface area contributed by atoms with Crippen molar-refractivity contribution in [2.24, 2.45) is 0 Å². The van der Waals surface area contributed by atoms with Crippen LogP contribution in [-0.2, 0) is 0 Å². The van der Waals surface area contributed by atoms with Gasteiger partial charge in [0.25, 0.3) is 5.92 Å². The molecule has 3 heteroatoms. The predicted molar refractivity (Wildman–Crippen MR) is 40.8 cm³/mol. The van der Waals surface area contributed by atoms with E-state index >= 15 is 0 Å². The van der Waals surface area contributed by atoms with E-state index in [1.165, 1.54) is 0 Å². The summed E-state index contributed by atoms with van der Waals surface area (Å²) in [5.41, 5.74) is 0. The van der Waals surface area contributed by atoms with Crippen molar-refractivity contribution < 1.29 is 8.78 Å². The third kappa shape index (κ3) is 2.58. The first-order valence-electron chi connectivity index (χ1n) is 3.89. The summed E-state index contributed by atoms with van der Waals surface area (Å²) in [5, 5.41) is 0. The Hall–Kier alpha value is -0.440. The van der Waals surface area contributed by atoms with Gasteiger partial charge < -0.3 is 0 Å². The van der Waals surface area contributed by atoms with Crippen molar-refractivity contribution in [1.82, 2.24) is 4.90 Å². The van der Waals surface area contributed by atoms with Crippen molar-refractivity contribution in [3.63, 3.8) is 0 Å². The van der Waals surface area contributed by atoms with Crippen LogP contribution in [0.25, 0.3) is 0 Å². The molecule has 0 aromatic carbocycles. The van der Waals surface area contributed by atoms with Crippen LogP contribution in [0.15, 0.2) is 12.2 Å². The third-order valence-electron chi connectivity index (χ3n) is 1.68. The molecule has 0 unspecified atom stereocenters. The summed E-state index contributed by atoms with van der Waals surface area (Å²) < 4.78 is 24.5. The molecule has 1 rings (SSSR count). The predicted octanol–water partition coefficient (Wildman–Crippen LogP) is 1.90. The van der Waals surface area contributed by atoms with Gasteiger partial charge in [-0.1, -0.05) is 19.1 Å². The second-order valence-corrected chi connectivity index (χ2v) is 2.91. The molecule has 11 heavy (non-hydrogen) atoms. The van der Waals surface area contributed by atoms with Crippen molar-refractivity contribution in [3.8, 4) is 0 Å². The van der Waals surface area contributed by atoms with Gasteiger partial charge >= 0.3 is 0 Å². The summed E-state index contributed by atoms with van der Waals surface area (Å²) in [5.74, 6) is -2.42. The lowest BCUT2D eigenvalue weighted by Crippen LogP contribution is -2.55. The summed E-state index contributed by atoms with van der Waals surface area (Å²) >= 11 is 0. The molecular formula is C8H13F2N. The van der Waals surface area contributed by atoms with E-state index in [-0.39, 0.29) is 13.1 Å². The Kier molecular flexibility index (Phi) is 2.60. The van der Waals surface area contributed by atoms with Crippen LogP contribution in [0.3, 0.4) is 0 Å². The fourth-order valence-electron chi connectivity index (χ4n) is 1.13. The van der Waals surface area contributed by atoms with Gasteiger partial charge in [-0.25, -0.2) is 8.78 Å². The first-order chi connectivity index (χ1) is 5.14.